The van der Waals surface area contributed by atoms with Crippen LogP contribution in [0, 0.1) is 11.3 Å². The second-order valence-electron chi connectivity index (χ2n) is 3.52. The molecule has 0 bridgehead atoms. The normalized spacial score (nSPS) is 17.2. The maximum atomic E-state index is 10.9. The van der Waals surface area contributed by atoms with E-state index in [1.165, 1.54) is 0 Å². The largest absolute Gasteiger partial charge is 0.370 e. The zero-order valence-corrected chi connectivity index (χ0v) is 8.44. The Labute approximate surface area is 87.8 Å². The Hall–Kier alpha value is -1.79. The van der Waals surface area contributed by atoms with Gasteiger partial charge in [0, 0.05) is 19.0 Å². The number of carbonyl (C=O) groups is 1. The van der Waals surface area contributed by atoms with Crippen molar-refractivity contribution < 1.29 is 4.79 Å². The molecule has 0 spiro atoms. The van der Waals surface area contributed by atoms with E-state index < -0.39 is 0 Å². The van der Waals surface area contributed by atoms with Gasteiger partial charge in [0.15, 0.2) is 5.96 Å². The van der Waals surface area contributed by atoms with Crippen LogP contribution in [0.1, 0.15) is 12.8 Å². The van der Waals surface area contributed by atoms with Crippen molar-refractivity contribution in [1.82, 2.24) is 4.90 Å². The molecule has 0 aromatic carbocycles. The van der Waals surface area contributed by atoms with Gasteiger partial charge < -0.3 is 22.1 Å². The molecule has 0 saturated carbocycles. The first-order valence-corrected chi connectivity index (χ1v) is 4.73. The fraction of sp³-hybridized carbons (Fsp3) is 0.625. The van der Waals surface area contributed by atoms with Crippen molar-refractivity contribution in [2.24, 2.45) is 28.1 Å². The molecule has 0 aromatic rings. The number of likely N-dealkylation sites (tertiary alicyclic amines) is 1. The minimum absolute atomic E-state index is 0.0397. The third-order valence-electron chi connectivity index (χ3n) is 2.43. The minimum Gasteiger partial charge on any atom is -0.370 e. The summed E-state index contributed by atoms with van der Waals surface area (Å²) in [5.41, 5.74) is 15.5. The molecule has 7 nitrogen and oxygen atoms in total. The van der Waals surface area contributed by atoms with E-state index in [0.717, 1.165) is 0 Å². The number of hydrogen-bond acceptors (Lipinski definition) is 2. The van der Waals surface area contributed by atoms with Crippen molar-refractivity contribution in [3.8, 4) is 0 Å². The quantitative estimate of drug-likeness (QED) is 0.307. The molecule has 1 amide bonds. The van der Waals surface area contributed by atoms with E-state index in [2.05, 4.69) is 4.99 Å². The summed E-state index contributed by atoms with van der Waals surface area (Å²) < 4.78 is 0. The van der Waals surface area contributed by atoms with Gasteiger partial charge in [0.05, 0.1) is 0 Å². The number of nitrogens with zero attached hydrogens (tertiary/aromatic N) is 2. The van der Waals surface area contributed by atoms with Gasteiger partial charge in [-0.1, -0.05) is 0 Å². The molecule has 7 heteroatoms. The van der Waals surface area contributed by atoms with Crippen LogP contribution in [-0.4, -0.2) is 35.8 Å². The lowest BCUT2D eigenvalue weighted by molar-refractivity contribution is -0.122. The molecule has 84 valence electrons. The fourth-order valence-corrected chi connectivity index (χ4v) is 1.57. The van der Waals surface area contributed by atoms with E-state index >= 15 is 0 Å². The standard InChI is InChI=1S/C8H16N6O/c9-6(15)5-1-3-14(4-2-5)8(12)13-7(10)11/h5H,1-4H2,(H2,9,15)(H5,10,11,12,13). The van der Waals surface area contributed by atoms with Crippen LogP contribution in [0.3, 0.4) is 0 Å². The molecule has 1 rings (SSSR count). The zero-order chi connectivity index (χ0) is 11.4. The summed E-state index contributed by atoms with van der Waals surface area (Å²) in [5.74, 6) is -0.453. The summed E-state index contributed by atoms with van der Waals surface area (Å²) in [6, 6.07) is 0. The van der Waals surface area contributed by atoms with Crippen LogP contribution in [-0.2, 0) is 4.79 Å². The van der Waals surface area contributed by atoms with Gasteiger partial charge in [-0.3, -0.25) is 10.2 Å². The van der Waals surface area contributed by atoms with Crippen LogP contribution in [0.5, 0.6) is 0 Å². The van der Waals surface area contributed by atoms with Crippen LogP contribution < -0.4 is 17.2 Å². The molecular formula is C8H16N6O. The molecule has 1 saturated heterocycles. The Kier molecular flexibility index (Phi) is 3.48. The van der Waals surface area contributed by atoms with Crippen LogP contribution in [0.2, 0.25) is 0 Å². The summed E-state index contributed by atoms with van der Waals surface area (Å²) in [4.78, 5) is 16.2. The molecule has 1 fully saturated rings. The first kappa shape index (κ1) is 11.3. The molecule has 1 aliphatic rings. The highest BCUT2D eigenvalue weighted by Crippen LogP contribution is 2.16. The van der Waals surface area contributed by atoms with Crippen molar-refractivity contribution in [1.29, 1.82) is 5.41 Å². The maximum absolute atomic E-state index is 10.9. The lowest BCUT2D eigenvalue weighted by atomic mass is 9.96. The molecule has 0 radical (unpaired) electrons. The average Bonchev–Trinajstić information content (AvgIpc) is 2.17. The predicted octanol–water partition coefficient (Wildman–Crippen LogP) is -1.61. The zero-order valence-electron chi connectivity index (χ0n) is 8.44. The van der Waals surface area contributed by atoms with Crippen molar-refractivity contribution in [2.75, 3.05) is 13.1 Å². The first-order chi connectivity index (χ1) is 7.00. The Morgan fingerprint density at radius 1 is 1.27 bits per heavy atom. The summed E-state index contributed by atoms with van der Waals surface area (Å²) >= 11 is 0. The number of guanidine groups is 2. The average molecular weight is 212 g/mol. The fourth-order valence-electron chi connectivity index (χ4n) is 1.57. The Bertz CT molecular complexity index is 288. The molecule has 0 aromatic heterocycles. The lowest BCUT2D eigenvalue weighted by Crippen LogP contribution is -2.41. The number of aliphatic imine (C=N–C) groups is 1. The second kappa shape index (κ2) is 4.63. The monoisotopic (exact) mass is 212 g/mol. The number of carbonyl (C=O) groups excluding carboxylic acids is 1. The Morgan fingerprint density at radius 2 is 1.80 bits per heavy atom. The van der Waals surface area contributed by atoms with Crippen LogP contribution >= 0.6 is 0 Å². The number of rotatable bonds is 1. The minimum atomic E-state index is -0.275. The Balaban J connectivity index is 2.47. The highest BCUT2D eigenvalue weighted by Gasteiger charge is 2.24. The van der Waals surface area contributed by atoms with Gasteiger partial charge >= 0.3 is 0 Å². The van der Waals surface area contributed by atoms with E-state index in [1.54, 1.807) is 4.90 Å². The van der Waals surface area contributed by atoms with Crippen molar-refractivity contribution in [3.63, 3.8) is 0 Å². The summed E-state index contributed by atoms with van der Waals surface area (Å²) in [6.07, 6.45) is 1.30. The molecule has 0 aliphatic carbocycles. The molecule has 0 atom stereocenters. The summed E-state index contributed by atoms with van der Waals surface area (Å²) in [7, 11) is 0. The molecule has 1 heterocycles. The van der Waals surface area contributed by atoms with Crippen molar-refractivity contribution >= 4 is 17.8 Å². The third kappa shape index (κ3) is 3.12. The van der Waals surface area contributed by atoms with E-state index in [1.807, 2.05) is 0 Å². The number of nitrogens with one attached hydrogen (secondary N) is 1. The van der Waals surface area contributed by atoms with Gasteiger partial charge in [-0.25, -0.2) is 0 Å². The predicted molar refractivity (Wildman–Crippen MR) is 57.0 cm³/mol. The molecule has 0 unspecified atom stereocenters. The number of primary amides is 1. The molecule has 7 N–H and O–H groups in total. The van der Waals surface area contributed by atoms with Crippen molar-refractivity contribution in [2.45, 2.75) is 12.8 Å². The number of amides is 1. The van der Waals surface area contributed by atoms with E-state index in [-0.39, 0.29) is 23.7 Å². The van der Waals surface area contributed by atoms with E-state index in [0.29, 0.717) is 25.9 Å². The number of nitrogens with two attached hydrogens (primary N) is 3. The second-order valence-corrected chi connectivity index (χ2v) is 3.52. The van der Waals surface area contributed by atoms with Crippen LogP contribution in [0.25, 0.3) is 0 Å². The van der Waals surface area contributed by atoms with Gasteiger partial charge in [0.2, 0.25) is 11.9 Å². The summed E-state index contributed by atoms with van der Waals surface area (Å²) in [6.45, 7) is 1.17. The van der Waals surface area contributed by atoms with Gasteiger partial charge in [0.1, 0.15) is 0 Å². The van der Waals surface area contributed by atoms with Gasteiger partial charge in [-0.15, -0.1) is 0 Å². The lowest BCUT2D eigenvalue weighted by Gasteiger charge is -2.30. The first-order valence-electron chi connectivity index (χ1n) is 4.73. The SMILES string of the molecule is N=C(N=C(N)N)N1CCC(C(N)=O)CC1. The summed E-state index contributed by atoms with van der Waals surface area (Å²) in [5, 5.41) is 7.55. The van der Waals surface area contributed by atoms with E-state index in [9.17, 15) is 4.79 Å². The molecular weight excluding hydrogens is 196 g/mol. The third-order valence-corrected chi connectivity index (χ3v) is 2.43. The van der Waals surface area contributed by atoms with E-state index in [4.69, 9.17) is 22.6 Å². The maximum Gasteiger partial charge on any atom is 0.221 e. The van der Waals surface area contributed by atoms with Gasteiger partial charge in [-0.2, -0.15) is 4.99 Å². The highest BCUT2D eigenvalue weighted by atomic mass is 16.1. The number of piperidine rings is 1. The smallest absolute Gasteiger partial charge is 0.221 e. The number of hydrogen-bond donors (Lipinski definition) is 4. The topological polar surface area (TPSA) is 135 Å². The van der Waals surface area contributed by atoms with Gasteiger partial charge in [0.25, 0.3) is 0 Å². The van der Waals surface area contributed by atoms with Crippen molar-refractivity contribution in [3.05, 3.63) is 0 Å². The van der Waals surface area contributed by atoms with Crippen LogP contribution in [0.15, 0.2) is 4.99 Å². The molecule has 15 heavy (non-hydrogen) atoms. The Morgan fingerprint density at radius 3 is 2.20 bits per heavy atom. The van der Waals surface area contributed by atoms with Gasteiger partial charge in [-0.05, 0) is 12.8 Å². The molecule has 1 aliphatic heterocycles. The highest BCUT2D eigenvalue weighted by molar-refractivity contribution is 5.91. The van der Waals surface area contributed by atoms with Crippen LogP contribution in [0.4, 0.5) is 0 Å².